The molecule has 0 radical (unpaired) electrons. The molecule has 1 saturated heterocycles. The van der Waals surface area contributed by atoms with Crippen molar-refractivity contribution in [3.63, 3.8) is 0 Å². The van der Waals surface area contributed by atoms with Gasteiger partial charge in [-0.3, -0.25) is 19.7 Å². The van der Waals surface area contributed by atoms with Crippen molar-refractivity contribution < 1.29 is 29.1 Å². The molecular formula is C21H20N2O7. The number of likely N-dealkylation sites (tertiary alicyclic amines) is 1. The number of Topliss-reactive ketones (excluding diaryl/α,β-unsaturated/α-hetero) is 1. The highest BCUT2D eigenvalue weighted by atomic mass is 16.6. The molecule has 0 bridgehead atoms. The van der Waals surface area contributed by atoms with E-state index in [9.17, 15) is 24.8 Å². The molecule has 1 aliphatic rings. The molecule has 0 saturated carbocycles. The number of ketones is 1. The number of carbonyl (C=O) groups excluding carboxylic acids is 2. The number of aliphatic hydroxyl groups is 1. The molecule has 1 fully saturated rings. The van der Waals surface area contributed by atoms with Crippen LogP contribution in [-0.4, -0.2) is 54.0 Å². The minimum absolute atomic E-state index is 0.0989. The van der Waals surface area contributed by atoms with Gasteiger partial charge < -0.3 is 19.5 Å². The van der Waals surface area contributed by atoms with Gasteiger partial charge in [-0.15, -0.1) is 0 Å². The van der Waals surface area contributed by atoms with Crippen molar-refractivity contribution >= 4 is 23.1 Å². The number of hydrogen-bond acceptors (Lipinski definition) is 7. The number of nitro benzene ring substituents is 1. The van der Waals surface area contributed by atoms with Crippen molar-refractivity contribution in [2.75, 3.05) is 27.4 Å². The van der Waals surface area contributed by atoms with E-state index in [4.69, 9.17) is 9.47 Å². The van der Waals surface area contributed by atoms with Gasteiger partial charge >= 0.3 is 0 Å². The normalized spacial score (nSPS) is 17.9. The van der Waals surface area contributed by atoms with E-state index >= 15 is 0 Å². The lowest BCUT2D eigenvalue weighted by Gasteiger charge is -2.25. The number of carbonyl (C=O) groups is 2. The van der Waals surface area contributed by atoms with Crippen LogP contribution in [-0.2, 0) is 14.3 Å². The largest absolute Gasteiger partial charge is 0.507 e. The van der Waals surface area contributed by atoms with E-state index in [0.717, 1.165) is 0 Å². The zero-order valence-electron chi connectivity index (χ0n) is 16.4. The van der Waals surface area contributed by atoms with Crippen molar-refractivity contribution in [1.29, 1.82) is 0 Å². The summed E-state index contributed by atoms with van der Waals surface area (Å²) in [6, 6.07) is 11.1. The number of methoxy groups -OCH3 is 2. The maximum Gasteiger partial charge on any atom is 0.295 e. The Morgan fingerprint density at radius 1 is 1.17 bits per heavy atom. The molecule has 2 aromatic carbocycles. The monoisotopic (exact) mass is 412 g/mol. The van der Waals surface area contributed by atoms with Crippen LogP contribution >= 0.6 is 0 Å². The maximum absolute atomic E-state index is 12.8. The first-order valence-electron chi connectivity index (χ1n) is 9.05. The molecule has 0 aromatic heterocycles. The number of benzene rings is 2. The Bertz CT molecular complexity index is 1010. The third kappa shape index (κ3) is 3.87. The quantitative estimate of drug-likeness (QED) is 0.244. The number of rotatable bonds is 7. The summed E-state index contributed by atoms with van der Waals surface area (Å²) >= 11 is 0. The Labute approximate surface area is 172 Å². The lowest BCUT2D eigenvalue weighted by Crippen LogP contribution is -2.32. The van der Waals surface area contributed by atoms with E-state index in [-0.39, 0.29) is 30.2 Å². The predicted molar refractivity (Wildman–Crippen MR) is 107 cm³/mol. The van der Waals surface area contributed by atoms with Gasteiger partial charge in [0.05, 0.1) is 30.3 Å². The van der Waals surface area contributed by atoms with Gasteiger partial charge in [0, 0.05) is 31.4 Å². The topological polar surface area (TPSA) is 119 Å². The summed E-state index contributed by atoms with van der Waals surface area (Å²) in [4.78, 5) is 37.2. The molecule has 1 unspecified atom stereocenters. The number of aliphatic hydroxyl groups excluding tert-OH is 1. The summed E-state index contributed by atoms with van der Waals surface area (Å²) < 4.78 is 10.2. The molecule has 9 heteroatoms. The summed E-state index contributed by atoms with van der Waals surface area (Å²) in [5, 5.41) is 21.9. The van der Waals surface area contributed by atoms with E-state index in [1.54, 1.807) is 24.3 Å². The molecule has 9 nitrogen and oxygen atoms in total. The van der Waals surface area contributed by atoms with Crippen LogP contribution in [0.1, 0.15) is 17.2 Å². The second-order valence-electron chi connectivity index (χ2n) is 6.57. The van der Waals surface area contributed by atoms with E-state index in [1.165, 1.54) is 43.4 Å². The zero-order chi connectivity index (χ0) is 21.8. The van der Waals surface area contributed by atoms with Crippen LogP contribution in [0.15, 0.2) is 54.1 Å². The molecule has 156 valence electrons. The van der Waals surface area contributed by atoms with Crippen LogP contribution in [0.25, 0.3) is 5.76 Å². The third-order valence-electron chi connectivity index (χ3n) is 4.84. The van der Waals surface area contributed by atoms with Crippen LogP contribution in [0.4, 0.5) is 5.69 Å². The minimum atomic E-state index is -0.910. The fraction of sp³-hybridized carbons (Fsp3) is 0.238. The molecule has 1 N–H and O–H groups in total. The highest BCUT2D eigenvalue weighted by Gasteiger charge is 2.46. The van der Waals surface area contributed by atoms with Crippen LogP contribution < -0.4 is 4.74 Å². The number of amides is 1. The van der Waals surface area contributed by atoms with Gasteiger partial charge in [0.15, 0.2) is 0 Å². The summed E-state index contributed by atoms with van der Waals surface area (Å²) in [5.74, 6) is -1.50. The lowest BCUT2D eigenvalue weighted by atomic mass is 9.95. The number of nitrogens with zero attached hydrogens (tertiary/aromatic N) is 2. The molecular weight excluding hydrogens is 392 g/mol. The van der Waals surface area contributed by atoms with E-state index in [2.05, 4.69) is 0 Å². The van der Waals surface area contributed by atoms with Crippen molar-refractivity contribution in [3.8, 4) is 5.75 Å². The molecule has 3 rings (SSSR count). The lowest BCUT2D eigenvalue weighted by molar-refractivity contribution is -0.384. The Balaban J connectivity index is 2.15. The maximum atomic E-state index is 12.8. The smallest absolute Gasteiger partial charge is 0.295 e. The van der Waals surface area contributed by atoms with E-state index in [0.29, 0.717) is 16.9 Å². The van der Waals surface area contributed by atoms with Gasteiger partial charge in [0.2, 0.25) is 0 Å². The second kappa shape index (κ2) is 8.75. The van der Waals surface area contributed by atoms with Gasteiger partial charge in [-0.05, 0) is 29.8 Å². The number of ether oxygens (including phenoxy) is 2. The Morgan fingerprint density at radius 3 is 2.47 bits per heavy atom. The number of nitro groups is 1. The molecule has 1 atom stereocenters. The number of hydrogen-bond donors (Lipinski definition) is 1. The first-order valence-corrected chi connectivity index (χ1v) is 9.05. The Kier molecular flexibility index (Phi) is 6.12. The highest BCUT2D eigenvalue weighted by molar-refractivity contribution is 6.46. The first-order chi connectivity index (χ1) is 14.4. The van der Waals surface area contributed by atoms with Crippen molar-refractivity contribution in [3.05, 3.63) is 75.3 Å². The van der Waals surface area contributed by atoms with Crippen LogP contribution in [0.3, 0.4) is 0 Å². The molecule has 0 spiro atoms. The van der Waals surface area contributed by atoms with Gasteiger partial charge in [0.25, 0.3) is 17.4 Å². The Morgan fingerprint density at radius 2 is 1.87 bits per heavy atom. The standard InChI is InChI=1S/C21H20N2O7/c1-29-11-10-22-18(13-6-8-15(9-7-13)23(27)28)17(20(25)21(22)26)19(24)14-4-3-5-16(12-14)30-2/h3-9,12,18,24H,10-11H2,1-2H3. The van der Waals surface area contributed by atoms with E-state index in [1.807, 2.05) is 0 Å². The molecule has 2 aromatic rings. The predicted octanol–water partition coefficient (Wildman–Crippen LogP) is 2.67. The summed E-state index contributed by atoms with van der Waals surface area (Å²) in [6.45, 7) is 0.285. The average molecular weight is 412 g/mol. The van der Waals surface area contributed by atoms with Gasteiger partial charge in [-0.25, -0.2) is 0 Å². The third-order valence-corrected chi connectivity index (χ3v) is 4.84. The van der Waals surface area contributed by atoms with E-state index < -0.39 is 22.7 Å². The average Bonchev–Trinajstić information content (AvgIpc) is 3.01. The SMILES string of the molecule is COCCN1C(=O)C(=O)C(=C(O)c2cccc(OC)c2)C1c1ccc([N+](=O)[O-])cc1. The molecule has 1 heterocycles. The fourth-order valence-corrected chi connectivity index (χ4v) is 3.35. The fourth-order valence-electron chi connectivity index (χ4n) is 3.35. The summed E-state index contributed by atoms with van der Waals surface area (Å²) in [6.07, 6.45) is 0. The summed E-state index contributed by atoms with van der Waals surface area (Å²) in [5.41, 5.74) is 0.546. The van der Waals surface area contributed by atoms with Gasteiger partial charge in [0.1, 0.15) is 11.5 Å². The second-order valence-corrected chi connectivity index (χ2v) is 6.57. The Hall–Kier alpha value is -3.72. The van der Waals surface area contributed by atoms with Crippen LogP contribution in [0.5, 0.6) is 5.75 Å². The molecule has 1 aliphatic heterocycles. The molecule has 1 amide bonds. The number of non-ortho nitro benzene ring substituents is 1. The van der Waals surface area contributed by atoms with Gasteiger partial charge in [-0.2, -0.15) is 0 Å². The van der Waals surface area contributed by atoms with Crippen molar-refractivity contribution in [2.24, 2.45) is 0 Å². The highest BCUT2D eigenvalue weighted by Crippen LogP contribution is 2.39. The first kappa shape index (κ1) is 21.0. The van der Waals surface area contributed by atoms with Crippen molar-refractivity contribution in [1.82, 2.24) is 4.90 Å². The van der Waals surface area contributed by atoms with Crippen LogP contribution in [0, 0.1) is 10.1 Å². The van der Waals surface area contributed by atoms with Gasteiger partial charge in [-0.1, -0.05) is 12.1 Å². The van der Waals surface area contributed by atoms with Crippen molar-refractivity contribution in [2.45, 2.75) is 6.04 Å². The van der Waals surface area contributed by atoms with Crippen LogP contribution in [0.2, 0.25) is 0 Å². The minimum Gasteiger partial charge on any atom is -0.507 e. The zero-order valence-corrected chi connectivity index (χ0v) is 16.4. The summed E-state index contributed by atoms with van der Waals surface area (Å²) in [7, 11) is 2.94. The molecule has 0 aliphatic carbocycles. The molecule has 30 heavy (non-hydrogen) atoms.